The van der Waals surface area contributed by atoms with Crippen molar-refractivity contribution in [1.29, 1.82) is 0 Å². The predicted octanol–water partition coefficient (Wildman–Crippen LogP) is 13.2. The number of hydrogen-bond donors (Lipinski definition) is 3. The van der Waals surface area contributed by atoms with Crippen LogP contribution in [-0.2, 0) is 14.4 Å². The van der Waals surface area contributed by atoms with Crippen molar-refractivity contribution in [3.05, 3.63) is 158 Å². The summed E-state index contributed by atoms with van der Waals surface area (Å²) in [6, 6.07) is 38.2. The van der Waals surface area contributed by atoms with E-state index in [0.29, 0.717) is 25.4 Å². The van der Waals surface area contributed by atoms with E-state index in [9.17, 15) is 29.7 Å². The molecule has 3 saturated heterocycles. The molecule has 6 aromatic rings. The van der Waals surface area contributed by atoms with Gasteiger partial charge in [-0.25, -0.2) is 15.0 Å². The number of aliphatic imine (C=N–C) groups is 3. The van der Waals surface area contributed by atoms with Crippen LogP contribution < -0.4 is 14.2 Å². The third kappa shape index (κ3) is 15.3. The lowest BCUT2D eigenvalue weighted by Crippen LogP contribution is -2.52. The number of hydrogen-bond acceptors (Lipinski definition) is 15. The van der Waals surface area contributed by atoms with Gasteiger partial charge in [0.05, 0.1) is 32.9 Å². The first-order valence-corrected chi connectivity index (χ1v) is 31.8. The molecule has 18 nitrogen and oxygen atoms in total. The number of halogens is 2. The smallest absolute Gasteiger partial charge is 0.310 e. The van der Waals surface area contributed by atoms with E-state index in [1.807, 2.05) is 111 Å². The van der Waals surface area contributed by atoms with Gasteiger partial charge in [0, 0.05) is 107 Å². The molecule has 0 radical (unpaired) electrons. The fourth-order valence-corrected chi connectivity index (χ4v) is 12.2. The second-order valence-electron chi connectivity index (χ2n) is 25.7. The molecule has 468 valence electrons. The molecule has 6 aliphatic rings. The van der Waals surface area contributed by atoms with Gasteiger partial charge in [-0.05, 0) is 158 Å². The Hall–Kier alpha value is -7.62. The Kier molecular flexibility index (Phi) is 19.4. The first kappa shape index (κ1) is 64.4. The number of rotatable bonds is 9. The van der Waals surface area contributed by atoms with Gasteiger partial charge in [-0.3, -0.25) is 29.1 Å². The second-order valence-corrected chi connectivity index (χ2v) is 27.5. The van der Waals surface area contributed by atoms with E-state index in [1.165, 1.54) is 0 Å². The number of fused-ring (bicyclic) bond motifs is 6. The molecule has 89 heavy (non-hydrogen) atoms. The van der Waals surface area contributed by atoms with Crippen molar-refractivity contribution < 1.29 is 43.9 Å². The molecule has 6 aromatic carbocycles. The molecular weight excluding hydrogens is 1260 g/mol. The van der Waals surface area contributed by atoms with Crippen molar-refractivity contribution in [1.82, 2.24) is 29.4 Å². The number of carbonyl (C=O) groups is 3. The molecule has 12 rings (SSSR count). The summed E-state index contributed by atoms with van der Waals surface area (Å²) >= 11 is 7.08. The van der Waals surface area contributed by atoms with Gasteiger partial charge in [0.1, 0.15) is 51.8 Å². The van der Waals surface area contributed by atoms with Gasteiger partial charge < -0.3 is 44.2 Å². The largest absolute Gasteiger partial charge is 0.481 e. The van der Waals surface area contributed by atoms with Crippen LogP contribution in [-0.4, -0.2) is 178 Å². The summed E-state index contributed by atoms with van der Waals surface area (Å²) in [6.45, 7) is 28.0. The molecule has 3 fully saturated rings. The number of aliphatic carboxylic acids is 3. The Balaban J connectivity index is 0.000000147. The minimum Gasteiger partial charge on any atom is -0.481 e. The van der Waals surface area contributed by atoms with Crippen molar-refractivity contribution >= 4 is 84.3 Å². The van der Waals surface area contributed by atoms with Crippen LogP contribution in [0.15, 0.2) is 139 Å². The van der Waals surface area contributed by atoms with Gasteiger partial charge in [0.2, 0.25) is 0 Å². The van der Waals surface area contributed by atoms with Crippen LogP contribution in [0.4, 0.5) is 17.1 Å². The summed E-state index contributed by atoms with van der Waals surface area (Å²) in [5, 5.41) is 28.3. The zero-order valence-electron chi connectivity index (χ0n) is 52.1. The van der Waals surface area contributed by atoms with Crippen LogP contribution in [0.3, 0.4) is 0 Å². The molecule has 0 aliphatic carbocycles. The summed E-state index contributed by atoms with van der Waals surface area (Å²) < 4.78 is 20.6. The van der Waals surface area contributed by atoms with Crippen LogP contribution in [0.5, 0.6) is 34.5 Å². The maximum Gasteiger partial charge on any atom is 0.310 e. The first-order chi connectivity index (χ1) is 42.3. The lowest BCUT2D eigenvalue weighted by Gasteiger charge is -2.39. The normalized spacial score (nSPS) is 16.8. The van der Waals surface area contributed by atoms with Crippen molar-refractivity contribution in [2.45, 2.75) is 62.3 Å². The van der Waals surface area contributed by atoms with Gasteiger partial charge in [-0.15, -0.1) is 0 Å². The third-order valence-corrected chi connectivity index (χ3v) is 17.8. The Morgan fingerprint density at radius 1 is 0.393 bits per heavy atom. The number of amidine groups is 3. The van der Waals surface area contributed by atoms with Crippen LogP contribution in [0.2, 0.25) is 0 Å². The monoisotopic (exact) mass is 1340 g/mol. The fraction of sp³-hybridized carbons (Fsp3) is 0.391. The van der Waals surface area contributed by atoms with Crippen LogP contribution in [0.25, 0.3) is 0 Å². The Morgan fingerprint density at radius 3 is 1.13 bits per heavy atom. The molecule has 3 N–H and O–H groups in total. The molecule has 0 atom stereocenters. The Labute approximate surface area is 538 Å². The SMILES string of the molecule is CC(C)(CN1CCN(C2=Nc3ccc(Br)cc3Oc3ccc(Br)cc32)CC1)C(=O)O.Cc1ccc2c(c1)Oc1ccc(C)cc1C(N1CCN(CC(C)(C)C(=O)O)CC1)=N2.Cc1ccc2c(c1)Oc1ccccc1C(N1CCN(CC(C)(C)C(=O)O)CC1)=N2. The fourth-order valence-electron chi connectivity index (χ4n) is 11.5. The molecule has 0 aromatic heterocycles. The van der Waals surface area contributed by atoms with Crippen LogP contribution >= 0.6 is 31.9 Å². The average molecular weight is 1340 g/mol. The summed E-state index contributed by atoms with van der Waals surface area (Å²) in [7, 11) is 0. The summed E-state index contributed by atoms with van der Waals surface area (Å²) in [6.07, 6.45) is 0. The summed E-state index contributed by atoms with van der Waals surface area (Å²) in [5.41, 5.74) is 6.54. The quantitative estimate of drug-likeness (QED) is 0.124. The van der Waals surface area contributed by atoms with E-state index in [1.54, 1.807) is 41.5 Å². The van der Waals surface area contributed by atoms with Crippen molar-refractivity contribution in [2.24, 2.45) is 31.2 Å². The first-order valence-electron chi connectivity index (χ1n) is 30.2. The zero-order valence-corrected chi connectivity index (χ0v) is 55.3. The molecule has 0 saturated carbocycles. The third-order valence-electron chi connectivity index (χ3n) is 16.8. The summed E-state index contributed by atoms with van der Waals surface area (Å²) in [5.74, 6) is 5.09. The lowest BCUT2D eigenvalue weighted by atomic mass is 9.93. The highest BCUT2D eigenvalue weighted by Gasteiger charge is 2.36. The van der Waals surface area contributed by atoms with Gasteiger partial charge >= 0.3 is 17.9 Å². The van der Waals surface area contributed by atoms with E-state index in [0.717, 1.165) is 184 Å². The van der Waals surface area contributed by atoms with E-state index in [4.69, 9.17) is 29.2 Å². The molecule has 0 unspecified atom stereocenters. The molecule has 20 heteroatoms. The maximum absolute atomic E-state index is 11.5. The Bertz CT molecular complexity index is 3580. The Morgan fingerprint density at radius 2 is 0.708 bits per heavy atom. The number of nitrogens with zero attached hydrogens (tertiary/aromatic N) is 9. The average Bonchev–Trinajstić information content (AvgIpc) is 1.77. The van der Waals surface area contributed by atoms with Gasteiger partial charge in [0.25, 0.3) is 0 Å². The standard InChI is InChI=1S/C24H29N3O3.C23H27N3O3.C22H23Br2N3O3/c1-16-6-8-20-18(13-16)22(25-19-7-5-17(2)14-21(19)30-20)27-11-9-26(10-12-27)15-24(3,4)23(28)29;1-16-8-9-18-20(14-16)29-19-7-5-4-6-17(19)21(24-18)26-12-10-25(11-13-26)15-23(2,3)22(27)28;1-22(2,21(28)29)13-26-7-9-27(10-8-26)20-16-11-14(23)4-6-18(16)30-19-12-15(24)3-5-17(19)25-20/h5-8,13-14H,9-12,15H2,1-4H3,(H,28,29);4-9,14H,10-13,15H2,1-3H3,(H,27,28);3-6,11-12H,7-10,13H2,1-2H3,(H,28,29). The summed E-state index contributed by atoms with van der Waals surface area (Å²) in [4.78, 5) is 62.9. The molecule has 6 aliphatic heterocycles. The molecule has 0 spiro atoms. The van der Waals surface area contributed by atoms with Crippen LogP contribution in [0.1, 0.15) is 74.9 Å². The highest BCUT2D eigenvalue weighted by atomic mass is 79.9. The predicted molar refractivity (Wildman–Crippen MR) is 355 cm³/mol. The highest BCUT2D eigenvalue weighted by molar-refractivity contribution is 9.10. The molecule has 6 heterocycles. The van der Waals surface area contributed by atoms with E-state index in [-0.39, 0.29) is 0 Å². The number of carboxylic acids is 3. The highest BCUT2D eigenvalue weighted by Crippen LogP contribution is 2.43. The minimum absolute atomic E-state index is 0.532. The molecule has 0 bridgehead atoms. The number of aryl methyl sites for hydroxylation is 3. The van der Waals surface area contributed by atoms with E-state index >= 15 is 0 Å². The van der Waals surface area contributed by atoms with E-state index in [2.05, 4.69) is 86.4 Å². The second kappa shape index (κ2) is 26.8. The molecular formula is C69H79Br2N9O9. The van der Waals surface area contributed by atoms with Crippen molar-refractivity contribution in [2.75, 3.05) is 98.2 Å². The van der Waals surface area contributed by atoms with Crippen molar-refractivity contribution in [3.63, 3.8) is 0 Å². The lowest BCUT2D eigenvalue weighted by molar-refractivity contribution is -0.149. The maximum atomic E-state index is 11.5. The zero-order chi connectivity index (χ0) is 63.5. The number of piperazine rings is 3. The number of benzene rings is 6. The van der Waals surface area contributed by atoms with Crippen LogP contribution in [0, 0.1) is 37.0 Å². The number of carboxylic acid groups (broad SMARTS) is 3. The molecule has 0 amide bonds. The topological polar surface area (TPSA) is 196 Å². The van der Waals surface area contributed by atoms with Gasteiger partial charge in [-0.1, -0.05) is 67.8 Å². The number of para-hydroxylation sites is 1. The van der Waals surface area contributed by atoms with Gasteiger partial charge in [-0.2, -0.15) is 0 Å². The minimum atomic E-state index is -0.767. The van der Waals surface area contributed by atoms with E-state index < -0.39 is 34.2 Å². The number of ether oxygens (including phenoxy) is 3. The van der Waals surface area contributed by atoms with Crippen molar-refractivity contribution in [3.8, 4) is 34.5 Å². The van der Waals surface area contributed by atoms with Gasteiger partial charge in [0.15, 0.2) is 17.2 Å².